The van der Waals surface area contributed by atoms with Crippen molar-refractivity contribution in [3.63, 3.8) is 0 Å². The summed E-state index contributed by atoms with van der Waals surface area (Å²) in [5.41, 5.74) is 36.6. The van der Waals surface area contributed by atoms with Crippen LogP contribution in [0.3, 0.4) is 0 Å². The van der Waals surface area contributed by atoms with Gasteiger partial charge in [-0.1, -0.05) is 161 Å². The molecule has 5 fully saturated rings. The number of nitrogens with two attached hydrogens (primary N) is 4. The van der Waals surface area contributed by atoms with Crippen molar-refractivity contribution in [1.82, 2.24) is 87.5 Å². The number of nitrogens with zero attached hydrogens (tertiary/aromatic N) is 19. The second-order valence-electron chi connectivity index (χ2n) is 32.8. The number of carbonyl (C=O) groups is 4. The van der Waals surface area contributed by atoms with Crippen molar-refractivity contribution >= 4 is 178 Å². The molecule has 0 radical (unpaired) electrons. The van der Waals surface area contributed by atoms with E-state index in [9.17, 15) is 19.2 Å². The van der Waals surface area contributed by atoms with E-state index < -0.39 is 0 Å². The highest BCUT2D eigenvalue weighted by atomic mass is 35.5. The minimum atomic E-state index is -0.103. The van der Waals surface area contributed by atoms with Gasteiger partial charge < -0.3 is 65.9 Å². The largest absolute Gasteiger partial charge is 0.496 e. The fourth-order valence-electron chi connectivity index (χ4n) is 16.8. The lowest BCUT2D eigenvalue weighted by atomic mass is 10.0. The van der Waals surface area contributed by atoms with E-state index >= 15 is 0 Å². The molecule has 3 atom stereocenters. The maximum absolute atomic E-state index is 12.9. The Kier molecular flexibility index (Phi) is 28.6. The van der Waals surface area contributed by atoms with Gasteiger partial charge in [0, 0.05) is 139 Å². The van der Waals surface area contributed by atoms with Gasteiger partial charge in [0.1, 0.15) is 91.9 Å². The number of likely N-dealkylation sites (N-methyl/N-ethyl adjacent to an activating group) is 4. The predicted octanol–water partition coefficient (Wildman–Crippen LogP) is 17.5. The average Bonchev–Trinajstić information content (AvgIpc) is 1.60. The maximum Gasteiger partial charge on any atom is 0.250 e. The Morgan fingerprint density at radius 1 is 0.442 bits per heavy atom. The van der Waals surface area contributed by atoms with Crippen LogP contribution in [0.15, 0.2) is 190 Å². The SMILES string of the molecule is C=CC(=O)N1CC[C@@H](n2c(Cl)c(-c3ccc(Cl)cc3)c3c(N)ncnc32)C1.CN(C)C/C=C/C(=O)N1CC[C@@H](n2c(Cl)c(-c3ccc(Cl)cc3)c3c(N)ncnc32)C1.CN(C/C=C/C(=O)N1CC[C@@H](n2c(Cl)c(-c3ccc(Cl)cc3)c3c(N)ncnc32)C1)C1CC1.COc1cc(-c2c(Cl)n(-c3cccc(N(C)C(=O)/C=C/CN(C)C4CC4)c3)c3ncnc(N)c23)ccc1C. The Morgan fingerprint density at radius 2 is 0.806 bits per heavy atom. The van der Waals surface area contributed by atoms with Crippen molar-refractivity contribution in [3.05, 3.63) is 231 Å². The third-order valence-electron chi connectivity index (χ3n) is 24.0. The molecule has 3 aliphatic heterocycles. The first-order valence-electron chi connectivity index (χ1n) is 42.2. The lowest BCUT2D eigenvalue weighted by Gasteiger charge is -2.18. The summed E-state index contributed by atoms with van der Waals surface area (Å²) in [5.74, 6) is 2.02. The number of nitrogen functional groups attached to an aromatic ring is 4. The smallest absolute Gasteiger partial charge is 0.250 e. The molecule has 8 aromatic heterocycles. The molecule has 0 spiro atoms. The number of carbonyl (C=O) groups excluding carboxylic acids is 4. The van der Waals surface area contributed by atoms with Crippen LogP contribution in [0, 0.1) is 6.92 Å². The van der Waals surface area contributed by atoms with E-state index in [1.807, 2.05) is 175 Å². The molecule has 13 aromatic rings. The standard InChI is InChI=1S/C29H31ClN6O2.C24H26Cl2N6O.C22H24Cl2N6O.C19H17Cl2N5O/c1-18-10-11-19(15-23(18)38-4)25-26-28(31)32-17-33-29(26)36(27(25)30)22-8-5-7-21(16-22)35(3)24(37)9-6-14-34(2)20-12-13-20;1-30(17-8-9-17)11-2-3-19(33)31-12-10-18(13-31)32-22(26)20(15-4-6-16(25)7-5-15)21-23(27)28-14-29-24(21)32;1-28(2)10-3-4-17(31)29-11-9-16(12-29)30-20(24)18(14-5-7-15(23)8-6-14)19-21(25)26-13-27-22(19)30;1-2-14(27)25-8-7-13(9-25)26-17(21)15(11-3-5-12(20)6-4-11)16-18(22)23-10-24-19(16)26/h5-11,15-17,20H,12-14H2,1-4H3,(H2,31,32,33);2-7,14,17-18H,8-13H2,1H3,(H2,27,28,29);3-8,13,16H,9-12H2,1-2H3,(H2,25,26,27);2-6,10,13H,1,7-9H2,(H2,22,23,24)/b9-6+;3-2+;4-3+;/t;18-;16-;13-/m.111/s1. The zero-order chi connectivity index (χ0) is 91.3. The number of amides is 4. The third-order valence-corrected chi connectivity index (χ3v) is 26.2. The molecule has 5 aliphatic rings. The molecule has 3 saturated heterocycles. The summed E-state index contributed by atoms with van der Waals surface area (Å²) in [5, 5.41) is 6.75. The van der Waals surface area contributed by atoms with Crippen molar-refractivity contribution in [2.75, 3.05) is 129 Å². The number of halogens is 7. The quantitative estimate of drug-likeness (QED) is 0.0458. The van der Waals surface area contributed by atoms with Gasteiger partial charge in [-0.05, 0) is 175 Å². The number of aryl methyl sites for hydroxylation is 1. The normalized spacial score (nSPS) is 16.3. The summed E-state index contributed by atoms with van der Waals surface area (Å²) >= 11 is 45.9. The Labute approximate surface area is 781 Å². The van der Waals surface area contributed by atoms with Gasteiger partial charge in [0.25, 0.3) is 0 Å². The van der Waals surface area contributed by atoms with Gasteiger partial charge in [-0.2, -0.15) is 0 Å². The van der Waals surface area contributed by atoms with Gasteiger partial charge in [0.2, 0.25) is 23.6 Å². The number of fused-ring (bicyclic) bond motifs is 4. The average molecular weight is 1880 g/mol. The lowest BCUT2D eigenvalue weighted by Crippen LogP contribution is -2.28. The molecule has 35 heteroatoms. The monoisotopic (exact) mass is 1870 g/mol. The second kappa shape index (κ2) is 40.1. The molecular weight excluding hydrogens is 1780 g/mol. The van der Waals surface area contributed by atoms with Crippen molar-refractivity contribution in [1.29, 1.82) is 0 Å². The van der Waals surface area contributed by atoms with Crippen LogP contribution in [0.5, 0.6) is 5.75 Å². The summed E-state index contributed by atoms with van der Waals surface area (Å²) in [4.78, 5) is 98.5. The molecule has 5 aromatic carbocycles. The Balaban J connectivity index is 0.000000133. The van der Waals surface area contributed by atoms with Crippen LogP contribution in [0.2, 0.25) is 35.7 Å². The van der Waals surface area contributed by atoms with E-state index in [4.69, 9.17) is 109 Å². The van der Waals surface area contributed by atoms with E-state index in [0.717, 1.165) is 111 Å². The van der Waals surface area contributed by atoms with E-state index in [1.54, 1.807) is 54.3 Å². The Hall–Kier alpha value is -11.7. The van der Waals surface area contributed by atoms with Gasteiger partial charge in [-0.15, -0.1) is 0 Å². The number of methoxy groups -OCH3 is 1. The maximum atomic E-state index is 12.9. The van der Waals surface area contributed by atoms with Gasteiger partial charge >= 0.3 is 0 Å². The highest BCUT2D eigenvalue weighted by Gasteiger charge is 2.37. The number of anilines is 5. The van der Waals surface area contributed by atoms with E-state index in [1.165, 1.54) is 57.1 Å². The molecule has 11 heterocycles. The highest BCUT2D eigenvalue weighted by Crippen LogP contribution is 2.49. The van der Waals surface area contributed by atoms with Crippen LogP contribution in [0.25, 0.3) is 94.3 Å². The summed E-state index contributed by atoms with van der Waals surface area (Å²) in [6.07, 6.45) is 25.1. The molecular formula is C94H98Cl7N23O5. The van der Waals surface area contributed by atoms with Crippen LogP contribution in [-0.4, -0.2) is 225 Å². The van der Waals surface area contributed by atoms with E-state index in [-0.39, 0.29) is 41.8 Å². The van der Waals surface area contributed by atoms with Gasteiger partial charge in [0.05, 0.1) is 52.5 Å². The van der Waals surface area contributed by atoms with Gasteiger partial charge in [0.15, 0.2) is 5.65 Å². The first kappa shape index (κ1) is 92.1. The highest BCUT2D eigenvalue weighted by molar-refractivity contribution is 6.38. The zero-order valence-corrected chi connectivity index (χ0v) is 77.5. The fourth-order valence-corrected chi connectivity index (χ4v) is 18.8. The molecule has 18 rings (SSSR count). The minimum absolute atomic E-state index is 0.000694. The summed E-state index contributed by atoms with van der Waals surface area (Å²) in [7, 11) is 11.5. The molecule has 129 heavy (non-hydrogen) atoms. The number of hydrogen-bond donors (Lipinski definition) is 4. The number of likely N-dealkylation sites (tertiary alicyclic amines) is 3. The zero-order valence-electron chi connectivity index (χ0n) is 72.2. The van der Waals surface area contributed by atoms with Crippen molar-refractivity contribution < 1.29 is 23.9 Å². The van der Waals surface area contributed by atoms with Crippen LogP contribution in [0.1, 0.15) is 68.6 Å². The molecule has 8 N–H and O–H groups in total. The van der Waals surface area contributed by atoms with Crippen LogP contribution < -0.4 is 32.6 Å². The van der Waals surface area contributed by atoms with E-state index in [2.05, 4.69) is 70.3 Å². The Morgan fingerprint density at radius 3 is 1.19 bits per heavy atom. The molecule has 4 amide bonds. The van der Waals surface area contributed by atoms with Crippen molar-refractivity contribution in [3.8, 4) is 55.9 Å². The summed E-state index contributed by atoms with van der Waals surface area (Å²) in [6, 6.07) is 37.1. The third kappa shape index (κ3) is 19.9. The molecule has 2 aliphatic carbocycles. The molecule has 0 unspecified atom stereocenters. The van der Waals surface area contributed by atoms with Crippen LogP contribution >= 0.6 is 81.2 Å². The van der Waals surface area contributed by atoms with E-state index in [0.29, 0.717) is 149 Å². The first-order valence-corrected chi connectivity index (χ1v) is 44.8. The fraction of sp³-hybridized carbons (Fsp3) is 0.298. The minimum Gasteiger partial charge on any atom is -0.496 e. The van der Waals surface area contributed by atoms with Crippen molar-refractivity contribution in [2.24, 2.45) is 0 Å². The number of ether oxygens (including phenoxy) is 1. The molecule has 0 bridgehead atoms. The second-order valence-corrected chi connectivity index (χ2v) is 35.5. The van der Waals surface area contributed by atoms with Gasteiger partial charge in [-0.25, -0.2) is 39.9 Å². The number of aromatic nitrogens is 12. The van der Waals surface area contributed by atoms with Gasteiger partial charge in [-0.3, -0.25) is 33.5 Å². The number of rotatable bonds is 22. The Bertz CT molecular complexity index is 6480. The lowest BCUT2D eigenvalue weighted by molar-refractivity contribution is -0.125. The van der Waals surface area contributed by atoms with Crippen molar-refractivity contribution in [2.45, 2.75) is 82.1 Å². The predicted molar refractivity (Wildman–Crippen MR) is 519 cm³/mol. The molecule has 668 valence electrons. The number of hydrogen-bond acceptors (Lipinski definition) is 20. The summed E-state index contributed by atoms with van der Waals surface area (Å²) < 4.78 is 13.3. The molecule has 2 saturated carbocycles. The van der Waals surface area contributed by atoms with Crippen LogP contribution in [-0.2, 0) is 19.2 Å². The molecule has 28 nitrogen and oxygen atoms in total. The number of benzene rings is 5. The van der Waals surface area contributed by atoms with Crippen LogP contribution in [0.4, 0.5) is 29.0 Å². The summed E-state index contributed by atoms with van der Waals surface area (Å²) in [6.45, 7) is 11.4. The first-order chi connectivity index (χ1) is 62.1. The topological polar surface area (TPSA) is 327 Å².